The Balaban J connectivity index is 0.000000364. The fraction of sp³-hybridized carbons (Fsp3) is 0.654. The molecule has 3 aromatic rings. The molecule has 0 saturated carbocycles. The van der Waals surface area contributed by atoms with Crippen LogP contribution in [0.1, 0.15) is 177 Å². The molecule has 3 aromatic carbocycles. The summed E-state index contributed by atoms with van der Waals surface area (Å²) in [6.45, 7) is 40.6. The number of aryl methyl sites for hydroxylation is 2. The van der Waals surface area contributed by atoms with Crippen LogP contribution in [0.25, 0.3) is 0 Å². The monoisotopic (exact) mass is 711 g/mol. The topological polar surface area (TPSA) is 0 Å². The van der Waals surface area contributed by atoms with Crippen molar-refractivity contribution in [3.05, 3.63) is 106 Å². The lowest BCUT2D eigenvalue weighted by Crippen LogP contribution is -2.47. The molecule has 0 fully saturated rings. The lowest BCUT2D eigenvalue weighted by molar-refractivity contribution is 0.0902. The lowest BCUT2D eigenvalue weighted by atomic mass is 9.53. The maximum absolute atomic E-state index is 2.40. The molecule has 0 nitrogen and oxygen atoms in total. The van der Waals surface area contributed by atoms with Crippen LogP contribution < -0.4 is 0 Å². The van der Waals surface area contributed by atoms with Crippen LogP contribution in [0.2, 0.25) is 0 Å². The lowest BCUT2D eigenvalue weighted by Gasteiger charge is -2.50. The van der Waals surface area contributed by atoms with E-state index in [1.54, 1.807) is 33.4 Å². The van der Waals surface area contributed by atoms with Crippen LogP contribution in [0.3, 0.4) is 0 Å². The van der Waals surface area contributed by atoms with Crippen LogP contribution >= 0.6 is 0 Å². The van der Waals surface area contributed by atoms with Crippen molar-refractivity contribution in [2.75, 3.05) is 0 Å². The second-order valence-electron chi connectivity index (χ2n) is 17.0. The van der Waals surface area contributed by atoms with Crippen molar-refractivity contribution in [1.82, 2.24) is 0 Å². The molecule has 3 aliphatic rings. The largest absolute Gasteiger partial charge is 0.0683 e. The molecule has 52 heavy (non-hydrogen) atoms. The van der Waals surface area contributed by atoms with Gasteiger partial charge in [-0.2, -0.15) is 0 Å². The van der Waals surface area contributed by atoms with Crippen LogP contribution in [0.5, 0.6) is 0 Å². The molecule has 0 heterocycles. The average Bonchev–Trinajstić information content (AvgIpc) is 3.14. The zero-order valence-corrected chi connectivity index (χ0v) is 37.8. The molecule has 0 aliphatic heterocycles. The summed E-state index contributed by atoms with van der Waals surface area (Å²) in [6, 6.07) is 27.0. The molecule has 6 rings (SSSR count). The third kappa shape index (κ3) is 10.0. The summed E-state index contributed by atoms with van der Waals surface area (Å²) in [6.07, 6.45) is 9.17. The first kappa shape index (κ1) is 47.7. The highest BCUT2D eigenvalue weighted by atomic mass is 14.5. The van der Waals surface area contributed by atoms with Crippen LogP contribution in [0.15, 0.2) is 72.8 Å². The van der Waals surface area contributed by atoms with E-state index in [1.165, 1.54) is 44.9 Å². The highest BCUT2D eigenvalue weighted by Crippen LogP contribution is 2.51. The van der Waals surface area contributed by atoms with E-state index in [2.05, 4.69) is 156 Å². The van der Waals surface area contributed by atoms with E-state index in [0.29, 0.717) is 16.2 Å². The Hall–Kier alpha value is -2.34. The molecular weight excluding hydrogens is 625 g/mol. The molecule has 3 aliphatic carbocycles. The zero-order valence-electron chi connectivity index (χ0n) is 37.8. The number of rotatable bonds is 6. The summed E-state index contributed by atoms with van der Waals surface area (Å²) in [4.78, 5) is 0. The predicted molar refractivity (Wildman–Crippen MR) is 237 cm³/mol. The van der Waals surface area contributed by atoms with Gasteiger partial charge in [0.05, 0.1) is 0 Å². The number of hydrogen-bond acceptors (Lipinski definition) is 0. The Bertz CT molecular complexity index is 1370. The molecule has 0 unspecified atom stereocenters. The van der Waals surface area contributed by atoms with E-state index < -0.39 is 0 Å². The minimum Gasteiger partial charge on any atom is -0.0683 e. The molecule has 0 saturated heterocycles. The summed E-state index contributed by atoms with van der Waals surface area (Å²) >= 11 is 0. The Morgan fingerprint density at radius 2 is 0.750 bits per heavy atom. The molecule has 0 bridgehead atoms. The van der Waals surface area contributed by atoms with Crippen molar-refractivity contribution in [2.45, 2.75) is 180 Å². The van der Waals surface area contributed by atoms with Crippen LogP contribution in [-0.2, 0) is 36.5 Å². The quantitative estimate of drug-likeness (QED) is 0.239. The summed E-state index contributed by atoms with van der Waals surface area (Å²) in [5, 5.41) is 0. The summed E-state index contributed by atoms with van der Waals surface area (Å²) in [7, 11) is 0. The first-order valence-electron chi connectivity index (χ1n) is 22.0. The smallest absolute Gasteiger partial charge is 0.00421 e. The van der Waals surface area contributed by atoms with E-state index in [4.69, 9.17) is 0 Å². The van der Waals surface area contributed by atoms with Gasteiger partial charge in [-0.05, 0) is 119 Å². The van der Waals surface area contributed by atoms with Gasteiger partial charge in [-0.25, -0.2) is 0 Å². The van der Waals surface area contributed by atoms with E-state index in [9.17, 15) is 0 Å². The van der Waals surface area contributed by atoms with Gasteiger partial charge in [-0.3, -0.25) is 0 Å². The average molecular weight is 711 g/mol. The summed E-state index contributed by atoms with van der Waals surface area (Å²) in [5.41, 5.74) is 11.0. The van der Waals surface area contributed by atoms with Crippen molar-refractivity contribution in [2.24, 2.45) is 40.9 Å². The Labute approximate surface area is 326 Å². The third-order valence-electron chi connectivity index (χ3n) is 13.5. The van der Waals surface area contributed by atoms with Gasteiger partial charge >= 0.3 is 0 Å². The van der Waals surface area contributed by atoms with Crippen molar-refractivity contribution < 1.29 is 0 Å². The molecule has 0 N–H and O–H groups in total. The Morgan fingerprint density at radius 1 is 0.365 bits per heavy atom. The SMILES string of the molecule is CC.CC.CC.CC(C)C1(C(C)C)CCCc2ccccc21.CC(C)C1(C(C)C)CCc2ccccc2C1.CC(C)C1(C(C)C)Cc2ccccc21. The van der Waals surface area contributed by atoms with E-state index >= 15 is 0 Å². The Kier molecular flexibility index (Phi) is 20.3. The van der Waals surface area contributed by atoms with Crippen LogP contribution in [-0.4, -0.2) is 0 Å². The van der Waals surface area contributed by atoms with Crippen LogP contribution in [0, 0.1) is 40.9 Å². The van der Waals surface area contributed by atoms with E-state index in [1.807, 2.05) is 41.5 Å². The molecule has 0 spiro atoms. The second-order valence-corrected chi connectivity index (χ2v) is 17.0. The van der Waals surface area contributed by atoms with Crippen molar-refractivity contribution in [3.63, 3.8) is 0 Å². The fourth-order valence-electron chi connectivity index (χ4n) is 10.3. The maximum Gasteiger partial charge on any atom is 0.00421 e. The number of fused-ring (bicyclic) bond motifs is 3. The van der Waals surface area contributed by atoms with Crippen molar-refractivity contribution in [3.8, 4) is 0 Å². The fourth-order valence-corrected chi connectivity index (χ4v) is 10.3. The summed E-state index contributed by atoms with van der Waals surface area (Å²) < 4.78 is 0. The minimum absolute atomic E-state index is 0.412. The second kappa shape index (κ2) is 22.1. The first-order valence-corrected chi connectivity index (χ1v) is 22.0. The van der Waals surface area contributed by atoms with Gasteiger partial charge in [0.25, 0.3) is 0 Å². The van der Waals surface area contributed by atoms with Gasteiger partial charge in [-0.15, -0.1) is 0 Å². The van der Waals surface area contributed by atoms with E-state index in [0.717, 1.165) is 35.5 Å². The van der Waals surface area contributed by atoms with Gasteiger partial charge in [0.15, 0.2) is 0 Å². The molecule has 0 aromatic heterocycles. The molecule has 294 valence electrons. The van der Waals surface area contributed by atoms with Gasteiger partial charge < -0.3 is 0 Å². The number of benzene rings is 3. The normalized spacial score (nSPS) is 16.8. The third-order valence-corrected chi connectivity index (χ3v) is 13.5. The van der Waals surface area contributed by atoms with Gasteiger partial charge in [-0.1, -0.05) is 197 Å². The molecule has 0 atom stereocenters. The minimum atomic E-state index is 0.412. The maximum atomic E-state index is 2.40. The van der Waals surface area contributed by atoms with E-state index in [-0.39, 0.29) is 0 Å². The van der Waals surface area contributed by atoms with Gasteiger partial charge in [0, 0.05) is 10.8 Å². The molecular formula is C52H86. The van der Waals surface area contributed by atoms with Gasteiger partial charge in [0.1, 0.15) is 0 Å². The molecule has 0 amide bonds. The molecule has 0 radical (unpaired) electrons. The van der Waals surface area contributed by atoms with Gasteiger partial charge in [0.2, 0.25) is 0 Å². The highest BCUT2D eigenvalue weighted by Gasteiger charge is 2.47. The van der Waals surface area contributed by atoms with Crippen LogP contribution in [0.4, 0.5) is 0 Å². The zero-order chi connectivity index (χ0) is 39.9. The van der Waals surface area contributed by atoms with Crippen molar-refractivity contribution >= 4 is 0 Å². The predicted octanol–water partition coefficient (Wildman–Crippen LogP) is 15.9. The first-order chi connectivity index (χ1) is 24.7. The number of hydrogen-bond donors (Lipinski definition) is 0. The highest BCUT2D eigenvalue weighted by molar-refractivity contribution is 5.46. The molecule has 0 heteroatoms. The summed E-state index contributed by atoms with van der Waals surface area (Å²) in [5.74, 6) is 4.51. The Morgan fingerprint density at radius 3 is 1.19 bits per heavy atom. The standard InChI is InChI=1S/2C16H24.C14H20.3C2H6/c1-12(2)16(13(3)4)11-7-9-14-8-5-6-10-15(14)16;1-12(2)16(13(3)4)10-9-14-7-5-6-8-15(14)11-16;1-10(2)14(11(3)4)9-12-7-5-6-8-13(12)14;3*1-2/h5-6,8,10,12-13H,7,9,11H2,1-4H3;5-8,12-13H,9-11H2,1-4H3;5-8,10-11H,9H2,1-4H3;3*1-2H3. The van der Waals surface area contributed by atoms with Crippen molar-refractivity contribution in [1.29, 1.82) is 0 Å².